The van der Waals surface area contributed by atoms with Crippen molar-refractivity contribution in [3.05, 3.63) is 0 Å². The first-order valence-electron chi connectivity index (χ1n) is 6.09. The minimum atomic E-state index is -0.186. The van der Waals surface area contributed by atoms with E-state index in [0.29, 0.717) is 18.8 Å². The number of ether oxygens (including phenoxy) is 1. The fourth-order valence-electron chi connectivity index (χ4n) is 2.74. The summed E-state index contributed by atoms with van der Waals surface area (Å²) in [6, 6.07) is 0. The van der Waals surface area contributed by atoms with E-state index in [4.69, 9.17) is 10.5 Å². The van der Waals surface area contributed by atoms with Gasteiger partial charge in [0.2, 0.25) is 0 Å². The maximum Gasteiger partial charge on any atom is 0.140 e. The molecule has 0 aromatic heterocycles. The van der Waals surface area contributed by atoms with E-state index in [1.165, 1.54) is 12.8 Å². The van der Waals surface area contributed by atoms with Gasteiger partial charge in [-0.2, -0.15) is 0 Å². The predicted molar refractivity (Wildman–Crippen MR) is 58.6 cm³/mol. The second kappa shape index (κ2) is 4.62. The van der Waals surface area contributed by atoms with Crippen LogP contribution in [-0.4, -0.2) is 24.5 Å². The summed E-state index contributed by atoms with van der Waals surface area (Å²) in [6.07, 6.45) is 7.00. The van der Waals surface area contributed by atoms with Gasteiger partial charge in [-0.3, -0.25) is 4.79 Å². The number of rotatable bonds is 3. The molecule has 2 fully saturated rings. The Morgan fingerprint density at radius 3 is 2.67 bits per heavy atom. The lowest BCUT2D eigenvalue weighted by molar-refractivity contribution is -0.127. The molecule has 1 saturated heterocycles. The zero-order chi connectivity index (χ0) is 10.7. The highest BCUT2D eigenvalue weighted by Crippen LogP contribution is 2.32. The molecule has 1 saturated carbocycles. The van der Waals surface area contributed by atoms with Crippen molar-refractivity contribution in [2.24, 2.45) is 11.7 Å². The molecule has 15 heavy (non-hydrogen) atoms. The number of carbonyl (C=O) groups is 1. The third-order valence-electron chi connectivity index (χ3n) is 3.74. The first kappa shape index (κ1) is 11.1. The van der Waals surface area contributed by atoms with Gasteiger partial charge < -0.3 is 10.5 Å². The molecule has 1 aliphatic heterocycles. The molecule has 3 nitrogen and oxygen atoms in total. The molecule has 1 heterocycles. The standard InChI is InChI=1S/C12H21NO2/c13-12(5-1-2-6-12)8-11(14)10-4-3-7-15-9-10/h10H,1-9,13H2. The Kier molecular flexibility index (Phi) is 3.42. The number of hydrogen-bond acceptors (Lipinski definition) is 3. The van der Waals surface area contributed by atoms with Crippen molar-refractivity contribution in [2.45, 2.75) is 50.5 Å². The lowest BCUT2D eigenvalue weighted by atomic mass is 9.85. The Labute approximate surface area is 91.4 Å². The zero-order valence-electron chi connectivity index (χ0n) is 9.34. The summed E-state index contributed by atoms with van der Waals surface area (Å²) >= 11 is 0. The van der Waals surface area contributed by atoms with Crippen molar-refractivity contribution in [2.75, 3.05) is 13.2 Å². The molecular weight excluding hydrogens is 190 g/mol. The van der Waals surface area contributed by atoms with Gasteiger partial charge >= 0.3 is 0 Å². The minimum absolute atomic E-state index is 0.125. The summed E-state index contributed by atoms with van der Waals surface area (Å²) in [5.74, 6) is 0.457. The summed E-state index contributed by atoms with van der Waals surface area (Å²) in [7, 11) is 0. The van der Waals surface area contributed by atoms with Gasteiger partial charge in [0, 0.05) is 24.5 Å². The van der Waals surface area contributed by atoms with Gasteiger partial charge in [-0.25, -0.2) is 0 Å². The molecule has 2 rings (SSSR count). The van der Waals surface area contributed by atoms with Crippen molar-refractivity contribution in [3.8, 4) is 0 Å². The van der Waals surface area contributed by atoms with Crippen LogP contribution in [0.15, 0.2) is 0 Å². The van der Waals surface area contributed by atoms with E-state index in [2.05, 4.69) is 0 Å². The molecule has 0 spiro atoms. The van der Waals surface area contributed by atoms with Crippen LogP contribution < -0.4 is 5.73 Å². The van der Waals surface area contributed by atoms with Crippen LogP contribution >= 0.6 is 0 Å². The van der Waals surface area contributed by atoms with Gasteiger partial charge in [-0.15, -0.1) is 0 Å². The van der Waals surface area contributed by atoms with Crippen molar-refractivity contribution in [1.29, 1.82) is 0 Å². The average molecular weight is 211 g/mol. The molecule has 1 atom stereocenters. The molecule has 0 bridgehead atoms. The highest BCUT2D eigenvalue weighted by atomic mass is 16.5. The molecule has 3 heteroatoms. The van der Waals surface area contributed by atoms with Gasteiger partial charge in [-0.05, 0) is 25.7 Å². The summed E-state index contributed by atoms with van der Waals surface area (Å²) < 4.78 is 5.34. The van der Waals surface area contributed by atoms with Crippen molar-refractivity contribution in [3.63, 3.8) is 0 Å². The van der Waals surface area contributed by atoms with E-state index in [9.17, 15) is 4.79 Å². The number of ketones is 1. The molecule has 0 aromatic rings. The Morgan fingerprint density at radius 2 is 2.07 bits per heavy atom. The summed E-state index contributed by atoms with van der Waals surface area (Å²) in [5.41, 5.74) is 6.02. The topological polar surface area (TPSA) is 52.3 Å². The Balaban J connectivity index is 1.85. The van der Waals surface area contributed by atoms with Crippen LogP contribution in [0, 0.1) is 5.92 Å². The lowest BCUT2D eigenvalue weighted by Crippen LogP contribution is -2.41. The molecule has 2 N–H and O–H groups in total. The van der Waals surface area contributed by atoms with Crippen LogP contribution in [0.4, 0.5) is 0 Å². The van der Waals surface area contributed by atoms with Crippen LogP contribution in [0.2, 0.25) is 0 Å². The highest BCUT2D eigenvalue weighted by Gasteiger charge is 2.34. The van der Waals surface area contributed by atoms with E-state index in [0.717, 1.165) is 32.3 Å². The summed E-state index contributed by atoms with van der Waals surface area (Å²) in [4.78, 5) is 12.0. The van der Waals surface area contributed by atoms with Crippen LogP contribution in [-0.2, 0) is 9.53 Å². The second-order valence-corrected chi connectivity index (χ2v) is 5.13. The van der Waals surface area contributed by atoms with Gasteiger partial charge in [-0.1, -0.05) is 12.8 Å². The second-order valence-electron chi connectivity index (χ2n) is 5.13. The number of carbonyl (C=O) groups excluding carboxylic acids is 1. The number of nitrogens with two attached hydrogens (primary N) is 1. The van der Waals surface area contributed by atoms with E-state index in [1.807, 2.05) is 0 Å². The maximum atomic E-state index is 12.0. The average Bonchev–Trinajstić information content (AvgIpc) is 2.66. The Bertz CT molecular complexity index is 228. The molecule has 0 radical (unpaired) electrons. The Hall–Kier alpha value is -0.410. The van der Waals surface area contributed by atoms with Crippen LogP contribution in [0.5, 0.6) is 0 Å². The minimum Gasteiger partial charge on any atom is -0.381 e. The van der Waals surface area contributed by atoms with Crippen LogP contribution in [0.3, 0.4) is 0 Å². The van der Waals surface area contributed by atoms with Gasteiger partial charge in [0.1, 0.15) is 5.78 Å². The van der Waals surface area contributed by atoms with Gasteiger partial charge in [0.25, 0.3) is 0 Å². The van der Waals surface area contributed by atoms with Gasteiger partial charge in [0.15, 0.2) is 0 Å². The normalized spacial score (nSPS) is 30.3. The van der Waals surface area contributed by atoms with Crippen molar-refractivity contribution in [1.82, 2.24) is 0 Å². The van der Waals surface area contributed by atoms with E-state index >= 15 is 0 Å². The highest BCUT2D eigenvalue weighted by molar-refractivity contribution is 5.82. The molecule has 0 aromatic carbocycles. The van der Waals surface area contributed by atoms with E-state index in [-0.39, 0.29) is 11.5 Å². The molecule has 86 valence electrons. The number of hydrogen-bond donors (Lipinski definition) is 1. The molecule has 0 amide bonds. The first-order valence-corrected chi connectivity index (χ1v) is 6.09. The van der Waals surface area contributed by atoms with Crippen molar-refractivity contribution < 1.29 is 9.53 Å². The summed E-state index contributed by atoms with van der Waals surface area (Å²) in [5, 5.41) is 0. The van der Waals surface area contributed by atoms with Crippen LogP contribution in [0.1, 0.15) is 44.9 Å². The van der Waals surface area contributed by atoms with Crippen LogP contribution in [0.25, 0.3) is 0 Å². The van der Waals surface area contributed by atoms with Crippen molar-refractivity contribution >= 4 is 5.78 Å². The fourth-order valence-corrected chi connectivity index (χ4v) is 2.74. The van der Waals surface area contributed by atoms with E-state index in [1.54, 1.807) is 0 Å². The first-order chi connectivity index (χ1) is 7.20. The molecule has 2 aliphatic rings. The zero-order valence-corrected chi connectivity index (χ0v) is 9.34. The third-order valence-corrected chi connectivity index (χ3v) is 3.74. The third kappa shape index (κ3) is 2.79. The monoisotopic (exact) mass is 211 g/mol. The van der Waals surface area contributed by atoms with E-state index < -0.39 is 0 Å². The largest absolute Gasteiger partial charge is 0.381 e. The Morgan fingerprint density at radius 1 is 1.33 bits per heavy atom. The summed E-state index contributed by atoms with van der Waals surface area (Å²) in [6.45, 7) is 1.44. The van der Waals surface area contributed by atoms with Gasteiger partial charge in [0.05, 0.1) is 6.61 Å². The smallest absolute Gasteiger partial charge is 0.140 e. The lowest BCUT2D eigenvalue weighted by Gasteiger charge is -2.27. The SMILES string of the molecule is NC1(CC(=O)C2CCCOC2)CCCC1. The number of Topliss-reactive ketones (excluding diaryl/α,β-unsaturated/α-hetero) is 1. The maximum absolute atomic E-state index is 12.0. The predicted octanol–water partition coefficient (Wildman–Crippen LogP) is 1.64. The molecular formula is C12H21NO2. The molecule has 1 unspecified atom stereocenters. The fraction of sp³-hybridized carbons (Fsp3) is 0.917. The quantitative estimate of drug-likeness (QED) is 0.772. The molecule has 1 aliphatic carbocycles.